The number of hydrogen-bond donors (Lipinski definition) is 0. The number of aromatic nitrogens is 1. The van der Waals surface area contributed by atoms with Crippen molar-refractivity contribution in [2.24, 2.45) is 0 Å². The maximum atomic E-state index is 11.8. The fourth-order valence-corrected chi connectivity index (χ4v) is 3.76. The number of esters is 1. The third-order valence-electron chi connectivity index (χ3n) is 5.21. The number of rotatable bonds is 12. The van der Waals surface area contributed by atoms with Crippen LogP contribution in [0.25, 0.3) is 0 Å². The van der Waals surface area contributed by atoms with Gasteiger partial charge in [0.2, 0.25) is 0 Å². The average Bonchev–Trinajstić information content (AvgIpc) is 2.65. The van der Waals surface area contributed by atoms with E-state index in [9.17, 15) is 4.79 Å². The summed E-state index contributed by atoms with van der Waals surface area (Å²) in [7, 11) is 0. The molecule has 1 aromatic heterocycles. The van der Waals surface area contributed by atoms with Crippen molar-refractivity contribution in [2.75, 3.05) is 0 Å². The number of ether oxygens (including phenoxy) is 1. The van der Waals surface area contributed by atoms with Crippen LogP contribution in [-0.4, -0.2) is 5.97 Å². The lowest BCUT2D eigenvalue weighted by Crippen LogP contribution is -2.40. The molecule has 2 aromatic rings. The summed E-state index contributed by atoms with van der Waals surface area (Å²) in [5.74, 6) is 0.520. The smallest absolute Gasteiger partial charge is 0.311 e. The van der Waals surface area contributed by atoms with E-state index in [1.165, 1.54) is 55.5 Å². The van der Waals surface area contributed by atoms with Gasteiger partial charge in [0.05, 0.1) is 0 Å². The molecule has 1 aromatic carbocycles. The van der Waals surface area contributed by atoms with Crippen LogP contribution in [-0.2, 0) is 11.3 Å². The van der Waals surface area contributed by atoms with Gasteiger partial charge < -0.3 is 4.74 Å². The van der Waals surface area contributed by atoms with E-state index >= 15 is 0 Å². The van der Waals surface area contributed by atoms with E-state index < -0.39 is 0 Å². The lowest BCUT2D eigenvalue weighted by Gasteiger charge is -2.06. The maximum absolute atomic E-state index is 11.8. The number of hydrogen-bond acceptors (Lipinski definition) is 2. The Morgan fingerprint density at radius 2 is 1.32 bits per heavy atom. The van der Waals surface area contributed by atoms with E-state index in [0.717, 1.165) is 19.4 Å². The molecule has 0 N–H and O–H groups in total. The fraction of sp³-hybridized carbons (Fsp3) is 0.520. The predicted molar refractivity (Wildman–Crippen MR) is 114 cm³/mol. The minimum Gasteiger partial charge on any atom is -0.427 e. The molecule has 0 saturated carbocycles. The molecular weight excluding hydrogens is 346 g/mol. The van der Waals surface area contributed by atoms with Crippen molar-refractivity contribution >= 4 is 5.97 Å². The van der Waals surface area contributed by atoms with Gasteiger partial charge in [-0.2, -0.15) is 0 Å². The monoisotopic (exact) mass is 382 g/mol. The zero-order chi connectivity index (χ0) is 20.2. The summed E-state index contributed by atoms with van der Waals surface area (Å²) < 4.78 is 7.74. The number of benzene rings is 1. The molecule has 2 rings (SSSR count). The number of aryl methyl sites for hydroxylation is 3. The third kappa shape index (κ3) is 8.24. The molecule has 0 aliphatic carbocycles. The topological polar surface area (TPSA) is 30.2 Å². The van der Waals surface area contributed by atoms with Crippen LogP contribution in [0.1, 0.15) is 74.7 Å². The molecule has 3 heteroatoms. The van der Waals surface area contributed by atoms with Crippen LogP contribution in [0.5, 0.6) is 5.75 Å². The number of unbranched alkanes of at least 4 members (excludes halogenated alkanes) is 7. The highest BCUT2D eigenvalue weighted by Gasteiger charge is 2.10. The Morgan fingerprint density at radius 3 is 1.93 bits per heavy atom. The largest absolute Gasteiger partial charge is 0.427 e. The summed E-state index contributed by atoms with van der Waals surface area (Å²) in [4.78, 5) is 11.8. The minimum absolute atomic E-state index is 0.120. The van der Waals surface area contributed by atoms with E-state index in [0.29, 0.717) is 12.2 Å². The Hall–Kier alpha value is -2.16. The van der Waals surface area contributed by atoms with Crippen LogP contribution >= 0.6 is 0 Å². The SMILES string of the molecule is Cc1cc(C)[n+](CCCCCCCCCCC(=O)Oc2ccccc2)c(C)c1. The van der Waals surface area contributed by atoms with Gasteiger partial charge >= 0.3 is 5.97 Å². The Balaban J connectivity index is 1.45. The molecule has 28 heavy (non-hydrogen) atoms. The van der Waals surface area contributed by atoms with Gasteiger partial charge in [0.1, 0.15) is 12.3 Å². The first kappa shape index (κ1) is 22.1. The Morgan fingerprint density at radius 1 is 0.786 bits per heavy atom. The van der Waals surface area contributed by atoms with Crippen LogP contribution in [0.2, 0.25) is 0 Å². The molecule has 0 amide bonds. The number of nitrogens with zero attached hydrogens (tertiary/aromatic N) is 1. The van der Waals surface area contributed by atoms with Crippen molar-refractivity contribution in [2.45, 2.75) is 85.1 Å². The molecule has 3 nitrogen and oxygen atoms in total. The Bertz CT molecular complexity index is 702. The van der Waals surface area contributed by atoms with Gasteiger partial charge in [-0.15, -0.1) is 0 Å². The second kappa shape index (κ2) is 12.3. The number of pyridine rings is 1. The first-order valence-corrected chi connectivity index (χ1v) is 10.8. The molecule has 152 valence electrons. The van der Waals surface area contributed by atoms with E-state index in [1.54, 1.807) is 0 Å². The van der Waals surface area contributed by atoms with Crippen molar-refractivity contribution in [1.82, 2.24) is 0 Å². The van der Waals surface area contributed by atoms with Gasteiger partial charge in [0.15, 0.2) is 11.4 Å². The van der Waals surface area contributed by atoms with Crippen LogP contribution in [0.3, 0.4) is 0 Å². The second-order valence-electron chi connectivity index (χ2n) is 7.83. The number of para-hydroxylation sites is 1. The van der Waals surface area contributed by atoms with Crippen LogP contribution < -0.4 is 9.30 Å². The maximum Gasteiger partial charge on any atom is 0.311 e. The summed E-state index contributed by atoms with van der Waals surface area (Å²) >= 11 is 0. The van der Waals surface area contributed by atoms with Gasteiger partial charge in [-0.1, -0.05) is 50.3 Å². The minimum atomic E-state index is -0.120. The third-order valence-corrected chi connectivity index (χ3v) is 5.21. The number of carbonyl (C=O) groups excluding carboxylic acids is 1. The summed E-state index contributed by atoms with van der Waals surface area (Å²) in [6.45, 7) is 7.70. The molecule has 0 fully saturated rings. The Kier molecular flexibility index (Phi) is 9.74. The fourth-order valence-electron chi connectivity index (χ4n) is 3.76. The van der Waals surface area contributed by atoms with E-state index in [2.05, 4.69) is 37.5 Å². The summed E-state index contributed by atoms with van der Waals surface area (Å²) in [5.41, 5.74) is 4.08. The molecule has 0 unspecified atom stereocenters. The second-order valence-corrected chi connectivity index (χ2v) is 7.83. The van der Waals surface area contributed by atoms with Crippen molar-refractivity contribution < 1.29 is 14.1 Å². The van der Waals surface area contributed by atoms with Crippen molar-refractivity contribution in [3.63, 3.8) is 0 Å². The highest BCUT2D eigenvalue weighted by atomic mass is 16.5. The van der Waals surface area contributed by atoms with E-state index in [-0.39, 0.29) is 5.97 Å². The summed E-state index contributed by atoms with van der Waals surface area (Å²) in [6, 6.07) is 13.8. The summed E-state index contributed by atoms with van der Waals surface area (Å²) in [5, 5.41) is 0. The molecule has 0 aliphatic rings. The Labute approximate surface area is 170 Å². The molecule has 0 saturated heterocycles. The molecule has 0 atom stereocenters. The van der Waals surface area contributed by atoms with Crippen molar-refractivity contribution in [3.8, 4) is 5.75 Å². The van der Waals surface area contributed by atoms with Gasteiger partial charge in [-0.25, -0.2) is 4.57 Å². The van der Waals surface area contributed by atoms with Gasteiger partial charge in [0, 0.05) is 38.8 Å². The summed E-state index contributed by atoms with van der Waals surface area (Å²) in [6.07, 6.45) is 10.2. The standard InChI is InChI=1S/C25H36NO2/c1-21-19-22(2)26(23(3)20-21)18-14-9-7-5-4-6-8-13-17-25(27)28-24-15-11-10-12-16-24/h10-12,15-16,19-20H,4-9,13-14,17-18H2,1-3H3/q+1. The first-order chi connectivity index (χ1) is 13.6. The van der Waals surface area contributed by atoms with Gasteiger partial charge in [-0.05, 0) is 37.5 Å². The average molecular weight is 383 g/mol. The van der Waals surface area contributed by atoms with E-state index in [4.69, 9.17) is 4.74 Å². The lowest BCUT2D eigenvalue weighted by molar-refractivity contribution is -0.709. The predicted octanol–water partition coefficient (Wildman–Crippen LogP) is 6.02. The van der Waals surface area contributed by atoms with Crippen LogP contribution in [0, 0.1) is 20.8 Å². The molecule has 0 aliphatic heterocycles. The highest BCUT2D eigenvalue weighted by Crippen LogP contribution is 2.13. The normalized spacial score (nSPS) is 10.8. The quantitative estimate of drug-likeness (QED) is 0.195. The molecule has 0 radical (unpaired) electrons. The first-order valence-electron chi connectivity index (χ1n) is 10.8. The molecule has 1 heterocycles. The van der Waals surface area contributed by atoms with Crippen molar-refractivity contribution in [3.05, 3.63) is 59.4 Å². The lowest BCUT2D eigenvalue weighted by atomic mass is 10.1. The molecule has 0 bridgehead atoms. The molecule has 0 spiro atoms. The molecular formula is C25H36NO2+. The zero-order valence-corrected chi connectivity index (χ0v) is 17.9. The number of carbonyl (C=O) groups is 1. The van der Waals surface area contributed by atoms with Crippen molar-refractivity contribution in [1.29, 1.82) is 0 Å². The van der Waals surface area contributed by atoms with Crippen LogP contribution in [0.4, 0.5) is 0 Å². The van der Waals surface area contributed by atoms with E-state index in [1.807, 2.05) is 30.3 Å². The van der Waals surface area contributed by atoms with Gasteiger partial charge in [-0.3, -0.25) is 4.79 Å². The highest BCUT2D eigenvalue weighted by molar-refractivity contribution is 5.72. The zero-order valence-electron chi connectivity index (χ0n) is 17.9. The van der Waals surface area contributed by atoms with Crippen LogP contribution in [0.15, 0.2) is 42.5 Å². The van der Waals surface area contributed by atoms with Gasteiger partial charge in [0.25, 0.3) is 0 Å².